The lowest BCUT2D eigenvalue weighted by molar-refractivity contribution is 0.238. The molecule has 1 aliphatic heterocycles. The largest absolute Gasteiger partial charge is 0.396 e. The van der Waals surface area contributed by atoms with Crippen molar-refractivity contribution in [2.45, 2.75) is 6.42 Å². The van der Waals surface area contributed by atoms with Crippen LogP contribution in [0.4, 0.5) is 17.2 Å². The molecule has 3 N–H and O–H groups in total. The summed E-state index contributed by atoms with van der Waals surface area (Å²) in [6, 6.07) is 14.5. The van der Waals surface area contributed by atoms with Gasteiger partial charge in [-0.05, 0) is 36.8 Å². The van der Waals surface area contributed by atoms with Crippen molar-refractivity contribution in [3.8, 4) is 11.3 Å². The molecule has 1 atom stereocenters. The van der Waals surface area contributed by atoms with Crippen LogP contribution in [0.3, 0.4) is 0 Å². The second-order valence-corrected chi connectivity index (χ2v) is 8.26. The summed E-state index contributed by atoms with van der Waals surface area (Å²) in [5.41, 5.74) is 5.72. The number of aromatic amines is 1. The zero-order valence-corrected chi connectivity index (χ0v) is 17.4. The number of aliphatic hydroxyl groups is 1. The van der Waals surface area contributed by atoms with Gasteiger partial charge in [-0.1, -0.05) is 12.1 Å². The average molecular weight is 425 g/mol. The van der Waals surface area contributed by atoms with Gasteiger partial charge < -0.3 is 19.7 Å². The minimum Gasteiger partial charge on any atom is -0.396 e. The number of fused-ring (bicyclic) bond motifs is 2. The Kier molecular flexibility index (Phi) is 4.50. The molecule has 32 heavy (non-hydrogen) atoms. The first-order valence-corrected chi connectivity index (χ1v) is 10.8. The summed E-state index contributed by atoms with van der Waals surface area (Å²) in [4.78, 5) is 11.7. The number of nitrogens with zero attached hydrogens (tertiary/aromatic N) is 5. The maximum atomic E-state index is 9.40. The Labute approximate surface area is 184 Å². The van der Waals surface area contributed by atoms with Crippen LogP contribution in [0.25, 0.3) is 27.8 Å². The fraction of sp³-hybridized carbons (Fsp3) is 0.208. The smallest absolute Gasteiger partial charge is 0.180 e. The van der Waals surface area contributed by atoms with Gasteiger partial charge >= 0.3 is 0 Å². The number of hydrogen-bond acceptors (Lipinski definition) is 6. The van der Waals surface area contributed by atoms with Crippen LogP contribution in [0.5, 0.6) is 0 Å². The third-order valence-electron chi connectivity index (χ3n) is 6.15. The lowest BCUT2D eigenvalue weighted by Gasteiger charge is -2.19. The maximum absolute atomic E-state index is 9.40. The maximum Gasteiger partial charge on any atom is 0.180 e. The number of aliphatic hydroxyl groups excluding tert-OH is 1. The Morgan fingerprint density at radius 3 is 2.91 bits per heavy atom. The second-order valence-electron chi connectivity index (χ2n) is 8.26. The molecule has 160 valence electrons. The molecule has 4 heterocycles. The normalized spacial score (nSPS) is 16.3. The number of hydrogen-bond donors (Lipinski definition) is 3. The van der Waals surface area contributed by atoms with Crippen LogP contribution in [0.15, 0.2) is 67.3 Å². The molecule has 1 saturated heterocycles. The summed E-state index contributed by atoms with van der Waals surface area (Å²) in [5, 5.41) is 21.0. The van der Waals surface area contributed by atoms with E-state index in [1.807, 2.05) is 29.1 Å². The Bertz CT molecular complexity index is 1390. The highest BCUT2D eigenvalue weighted by Crippen LogP contribution is 2.28. The van der Waals surface area contributed by atoms with Crippen molar-refractivity contribution in [2.75, 3.05) is 29.9 Å². The molecule has 0 bridgehead atoms. The van der Waals surface area contributed by atoms with Crippen LogP contribution in [-0.2, 0) is 0 Å². The van der Waals surface area contributed by atoms with E-state index in [1.54, 1.807) is 6.20 Å². The van der Waals surface area contributed by atoms with E-state index in [0.717, 1.165) is 53.0 Å². The van der Waals surface area contributed by atoms with Gasteiger partial charge in [-0.15, -0.1) is 0 Å². The van der Waals surface area contributed by atoms with Crippen molar-refractivity contribution < 1.29 is 5.11 Å². The molecule has 0 saturated carbocycles. The van der Waals surface area contributed by atoms with Gasteiger partial charge in [0.2, 0.25) is 0 Å². The standard InChI is InChI=1S/C24H23N7O/c32-15-16-7-9-30(13-16)20-5-3-19(4-6-20)27-23-24-25-8-10-31(24)14-22(28-23)17-1-2-18-12-26-29-21(18)11-17/h1-6,8,10-12,14,16,32H,7,9,13,15H2,(H,26,29)(H,27,28)/t16-/m1/s1. The zero-order valence-electron chi connectivity index (χ0n) is 17.4. The Balaban J connectivity index is 1.31. The van der Waals surface area contributed by atoms with Gasteiger partial charge in [0.05, 0.1) is 17.4 Å². The molecule has 1 aliphatic rings. The monoisotopic (exact) mass is 425 g/mol. The highest BCUT2D eigenvalue weighted by molar-refractivity contribution is 5.84. The molecule has 6 rings (SSSR count). The highest BCUT2D eigenvalue weighted by Gasteiger charge is 2.21. The molecular formula is C24H23N7O. The predicted molar refractivity (Wildman–Crippen MR) is 125 cm³/mol. The summed E-state index contributed by atoms with van der Waals surface area (Å²) >= 11 is 0. The first kappa shape index (κ1) is 18.8. The number of H-pyrrole nitrogens is 1. The van der Waals surface area contributed by atoms with Crippen molar-refractivity contribution in [2.24, 2.45) is 5.92 Å². The molecule has 2 aromatic carbocycles. The van der Waals surface area contributed by atoms with Gasteiger partial charge in [0.1, 0.15) is 0 Å². The highest BCUT2D eigenvalue weighted by atomic mass is 16.3. The molecule has 0 amide bonds. The predicted octanol–water partition coefficient (Wildman–Crippen LogP) is 3.83. The number of nitrogens with one attached hydrogen (secondary N) is 2. The van der Waals surface area contributed by atoms with E-state index in [4.69, 9.17) is 4.98 Å². The number of rotatable bonds is 5. The van der Waals surface area contributed by atoms with Crippen molar-refractivity contribution in [3.05, 3.63) is 67.3 Å². The van der Waals surface area contributed by atoms with Crippen LogP contribution in [0.2, 0.25) is 0 Å². The topological polar surface area (TPSA) is 94.4 Å². The second kappa shape index (κ2) is 7.65. The van der Waals surface area contributed by atoms with Gasteiger partial charge in [0, 0.05) is 66.5 Å². The average Bonchev–Trinajstić information content (AvgIpc) is 3.59. The third-order valence-corrected chi connectivity index (χ3v) is 6.15. The van der Waals surface area contributed by atoms with E-state index in [9.17, 15) is 5.11 Å². The van der Waals surface area contributed by atoms with E-state index in [2.05, 4.69) is 61.8 Å². The lowest BCUT2D eigenvalue weighted by Crippen LogP contribution is -2.20. The number of anilines is 3. The van der Waals surface area contributed by atoms with Crippen LogP contribution in [0, 0.1) is 5.92 Å². The van der Waals surface area contributed by atoms with Crippen molar-refractivity contribution in [1.82, 2.24) is 24.6 Å². The first-order chi connectivity index (χ1) is 15.8. The van der Waals surface area contributed by atoms with Crippen LogP contribution < -0.4 is 10.2 Å². The van der Waals surface area contributed by atoms with E-state index < -0.39 is 0 Å². The SMILES string of the molecule is OC[C@@H]1CCN(c2ccc(Nc3nc(-c4ccc5cn[nH]c5c4)cn4ccnc34)cc2)C1. The summed E-state index contributed by atoms with van der Waals surface area (Å²) in [6.45, 7) is 2.14. The molecule has 0 spiro atoms. The molecule has 1 fully saturated rings. The molecule has 0 radical (unpaired) electrons. The van der Waals surface area contributed by atoms with Crippen molar-refractivity contribution in [3.63, 3.8) is 0 Å². The first-order valence-electron chi connectivity index (χ1n) is 10.8. The Hall–Kier alpha value is -3.91. The lowest BCUT2D eigenvalue weighted by atomic mass is 10.1. The molecule has 8 heteroatoms. The fourth-order valence-corrected chi connectivity index (χ4v) is 4.36. The summed E-state index contributed by atoms with van der Waals surface area (Å²) in [5.74, 6) is 1.07. The molecule has 0 unspecified atom stereocenters. The number of aromatic nitrogens is 5. The fourth-order valence-electron chi connectivity index (χ4n) is 4.36. The van der Waals surface area contributed by atoms with Gasteiger partial charge in [0.25, 0.3) is 0 Å². The number of benzene rings is 2. The zero-order chi connectivity index (χ0) is 21.5. The molecule has 0 aliphatic carbocycles. The minimum atomic E-state index is 0.256. The van der Waals surface area contributed by atoms with Crippen molar-refractivity contribution in [1.29, 1.82) is 0 Å². The molecule has 8 nitrogen and oxygen atoms in total. The Morgan fingerprint density at radius 1 is 1.16 bits per heavy atom. The van der Waals surface area contributed by atoms with Crippen molar-refractivity contribution >= 4 is 33.7 Å². The summed E-state index contributed by atoms with van der Waals surface area (Å²) in [7, 11) is 0. The van der Waals surface area contributed by atoms with Crippen LogP contribution in [-0.4, -0.2) is 49.4 Å². The number of imidazole rings is 1. The third kappa shape index (κ3) is 3.34. The molecule has 3 aromatic heterocycles. The van der Waals surface area contributed by atoms with Crippen LogP contribution >= 0.6 is 0 Å². The van der Waals surface area contributed by atoms with E-state index in [1.165, 1.54) is 5.69 Å². The summed E-state index contributed by atoms with van der Waals surface area (Å²) < 4.78 is 1.98. The quantitative estimate of drug-likeness (QED) is 0.396. The van der Waals surface area contributed by atoms with Gasteiger partial charge in [0.15, 0.2) is 11.5 Å². The van der Waals surface area contributed by atoms with Gasteiger partial charge in [-0.2, -0.15) is 5.10 Å². The van der Waals surface area contributed by atoms with E-state index in [0.29, 0.717) is 11.7 Å². The molecular weight excluding hydrogens is 402 g/mol. The minimum absolute atomic E-state index is 0.256. The van der Waals surface area contributed by atoms with Gasteiger partial charge in [-0.25, -0.2) is 9.97 Å². The van der Waals surface area contributed by atoms with E-state index in [-0.39, 0.29) is 6.61 Å². The summed E-state index contributed by atoms with van der Waals surface area (Å²) in [6.07, 6.45) is 8.54. The van der Waals surface area contributed by atoms with E-state index >= 15 is 0 Å². The molecule has 5 aromatic rings. The van der Waals surface area contributed by atoms with Gasteiger partial charge in [-0.3, -0.25) is 5.10 Å². The van der Waals surface area contributed by atoms with Crippen LogP contribution in [0.1, 0.15) is 6.42 Å². The Morgan fingerprint density at radius 2 is 2.06 bits per heavy atom.